The molecule has 0 aliphatic heterocycles. The summed E-state index contributed by atoms with van der Waals surface area (Å²) in [4.78, 5) is 27.9. The maximum absolute atomic E-state index is 13.2. The monoisotopic (exact) mass is 460 g/mol. The van der Waals surface area contributed by atoms with Gasteiger partial charge in [-0.25, -0.2) is 0 Å². The first-order valence-electron chi connectivity index (χ1n) is 10.7. The van der Waals surface area contributed by atoms with Crippen molar-refractivity contribution >= 4 is 35.2 Å². The second kappa shape index (κ2) is 12.8. The summed E-state index contributed by atoms with van der Waals surface area (Å²) in [6.07, 6.45) is 0.570. The largest absolute Gasteiger partial charge is 0.354 e. The van der Waals surface area contributed by atoms with Crippen molar-refractivity contribution in [1.29, 1.82) is 0 Å². The number of nitrogens with one attached hydrogen (secondary N) is 1. The molecule has 1 atom stereocenters. The van der Waals surface area contributed by atoms with Crippen molar-refractivity contribution in [2.24, 2.45) is 5.92 Å². The van der Waals surface area contributed by atoms with Crippen molar-refractivity contribution in [1.82, 2.24) is 10.2 Å². The molecule has 0 bridgehead atoms. The van der Waals surface area contributed by atoms with E-state index in [1.54, 1.807) is 16.7 Å². The summed E-state index contributed by atoms with van der Waals surface area (Å²) in [6, 6.07) is 15.3. The van der Waals surface area contributed by atoms with Gasteiger partial charge in [0.15, 0.2) is 0 Å². The van der Waals surface area contributed by atoms with Gasteiger partial charge in [-0.3, -0.25) is 9.59 Å². The van der Waals surface area contributed by atoms with Crippen LogP contribution in [0.1, 0.15) is 43.9 Å². The first-order chi connectivity index (χ1) is 14.8. The fourth-order valence-corrected chi connectivity index (χ4v) is 4.39. The molecule has 0 aromatic heterocycles. The van der Waals surface area contributed by atoms with Gasteiger partial charge in [0.2, 0.25) is 11.8 Å². The lowest BCUT2D eigenvalue weighted by molar-refractivity contribution is -0.139. The highest BCUT2D eigenvalue weighted by Crippen LogP contribution is 2.19. The molecule has 0 spiro atoms. The highest BCUT2D eigenvalue weighted by molar-refractivity contribution is 7.99. The predicted octanol–water partition coefficient (Wildman–Crippen LogP) is 5.46. The lowest BCUT2D eigenvalue weighted by Crippen LogP contribution is -2.50. The zero-order chi connectivity index (χ0) is 22.8. The van der Waals surface area contributed by atoms with Crippen LogP contribution in [0.3, 0.4) is 0 Å². The minimum Gasteiger partial charge on any atom is -0.354 e. The van der Waals surface area contributed by atoms with Crippen LogP contribution in [0.25, 0.3) is 0 Å². The topological polar surface area (TPSA) is 49.4 Å². The van der Waals surface area contributed by atoms with E-state index in [9.17, 15) is 9.59 Å². The smallest absolute Gasteiger partial charge is 0.242 e. The van der Waals surface area contributed by atoms with Gasteiger partial charge in [0, 0.05) is 23.9 Å². The van der Waals surface area contributed by atoms with Crippen LogP contribution in [0.4, 0.5) is 0 Å². The number of hydrogen-bond donors (Lipinski definition) is 1. The Bertz CT molecular complexity index is 872. The van der Waals surface area contributed by atoms with E-state index >= 15 is 0 Å². The van der Waals surface area contributed by atoms with Gasteiger partial charge < -0.3 is 10.2 Å². The lowest BCUT2D eigenvalue weighted by Gasteiger charge is -2.31. The molecule has 0 heterocycles. The minimum atomic E-state index is -0.487. The summed E-state index contributed by atoms with van der Waals surface area (Å²) >= 11 is 7.60. The fraction of sp³-hybridized carbons (Fsp3) is 0.440. The third kappa shape index (κ3) is 8.58. The molecule has 31 heavy (non-hydrogen) atoms. The van der Waals surface area contributed by atoms with E-state index in [0.29, 0.717) is 42.0 Å². The molecule has 168 valence electrons. The van der Waals surface area contributed by atoms with Gasteiger partial charge in [-0.15, -0.1) is 11.8 Å². The van der Waals surface area contributed by atoms with Gasteiger partial charge in [-0.05, 0) is 42.5 Å². The number of thioether (sulfide) groups is 1. The molecule has 2 rings (SSSR count). The third-order valence-electron chi connectivity index (χ3n) is 4.89. The van der Waals surface area contributed by atoms with Crippen molar-refractivity contribution in [2.75, 3.05) is 12.3 Å². The zero-order valence-electron chi connectivity index (χ0n) is 18.9. The molecule has 6 heteroatoms. The van der Waals surface area contributed by atoms with Gasteiger partial charge in [0.25, 0.3) is 0 Å². The number of benzene rings is 2. The Kier molecular flexibility index (Phi) is 10.4. The molecule has 0 radical (unpaired) electrons. The second-order valence-electron chi connectivity index (χ2n) is 8.20. The van der Waals surface area contributed by atoms with E-state index in [1.165, 1.54) is 0 Å². The average molecular weight is 461 g/mol. The number of carbonyl (C=O) groups is 2. The molecule has 2 amide bonds. The standard InChI is InChI=1S/C25H33ClN2O2S/c1-5-23(25(30)27-14-18(2)3)28(15-20-9-6-8-19(4)12-20)24(29)17-31-16-21-10-7-11-22(26)13-21/h6-13,18,23H,5,14-17H2,1-4H3,(H,27,30). The van der Waals surface area contributed by atoms with E-state index in [2.05, 4.69) is 25.2 Å². The third-order valence-corrected chi connectivity index (χ3v) is 6.11. The minimum absolute atomic E-state index is 0.0277. The summed E-state index contributed by atoms with van der Waals surface area (Å²) in [5, 5.41) is 3.69. The summed E-state index contributed by atoms with van der Waals surface area (Å²) in [6.45, 7) is 9.13. The van der Waals surface area contributed by atoms with Crippen LogP contribution in [0.15, 0.2) is 48.5 Å². The summed E-state index contributed by atoms with van der Waals surface area (Å²) < 4.78 is 0. The molecule has 0 aliphatic rings. The molecular weight excluding hydrogens is 428 g/mol. The molecule has 0 fully saturated rings. The summed E-state index contributed by atoms with van der Waals surface area (Å²) in [5.41, 5.74) is 3.25. The van der Waals surface area contributed by atoms with E-state index in [0.717, 1.165) is 16.7 Å². The first-order valence-corrected chi connectivity index (χ1v) is 12.3. The Balaban J connectivity index is 2.12. The molecule has 2 aromatic rings. The molecule has 1 N–H and O–H groups in total. The Morgan fingerprint density at radius 2 is 1.81 bits per heavy atom. The number of rotatable bonds is 11. The molecule has 0 aliphatic carbocycles. The Hall–Kier alpha value is -1.98. The normalized spacial score (nSPS) is 11.9. The maximum atomic E-state index is 13.2. The fourth-order valence-electron chi connectivity index (χ4n) is 3.32. The molecule has 2 aromatic carbocycles. The van der Waals surface area contributed by atoms with Crippen molar-refractivity contribution in [2.45, 2.75) is 52.5 Å². The number of hydrogen-bond acceptors (Lipinski definition) is 3. The van der Waals surface area contributed by atoms with E-state index in [1.807, 2.05) is 56.3 Å². The zero-order valence-corrected chi connectivity index (χ0v) is 20.4. The predicted molar refractivity (Wildman–Crippen MR) is 131 cm³/mol. The Morgan fingerprint density at radius 1 is 1.10 bits per heavy atom. The van der Waals surface area contributed by atoms with Gasteiger partial charge >= 0.3 is 0 Å². The number of amides is 2. The highest BCUT2D eigenvalue weighted by atomic mass is 35.5. The average Bonchev–Trinajstić information content (AvgIpc) is 2.72. The van der Waals surface area contributed by atoms with Crippen LogP contribution in [0.2, 0.25) is 5.02 Å². The lowest BCUT2D eigenvalue weighted by atomic mass is 10.1. The quantitative estimate of drug-likeness (QED) is 0.484. The van der Waals surface area contributed by atoms with E-state index in [4.69, 9.17) is 11.6 Å². The van der Waals surface area contributed by atoms with Gasteiger partial charge in [0.05, 0.1) is 5.75 Å². The van der Waals surface area contributed by atoms with Crippen LogP contribution >= 0.6 is 23.4 Å². The van der Waals surface area contributed by atoms with Crippen LogP contribution in [0, 0.1) is 12.8 Å². The van der Waals surface area contributed by atoms with Crippen molar-refractivity contribution < 1.29 is 9.59 Å². The van der Waals surface area contributed by atoms with Crippen molar-refractivity contribution in [3.63, 3.8) is 0 Å². The SMILES string of the molecule is CCC(C(=O)NCC(C)C)N(Cc1cccc(C)c1)C(=O)CSCc1cccc(Cl)c1. The first kappa shape index (κ1) is 25.3. The second-order valence-corrected chi connectivity index (χ2v) is 9.62. The number of carbonyl (C=O) groups excluding carboxylic acids is 2. The molecule has 0 saturated carbocycles. The van der Waals surface area contributed by atoms with Crippen LogP contribution in [-0.2, 0) is 21.9 Å². The van der Waals surface area contributed by atoms with Crippen LogP contribution in [-0.4, -0.2) is 35.1 Å². The Labute approximate surface area is 195 Å². The summed E-state index contributed by atoms with van der Waals surface area (Å²) in [5.74, 6) is 1.25. The number of aryl methyl sites for hydroxylation is 1. The maximum Gasteiger partial charge on any atom is 0.242 e. The Morgan fingerprint density at radius 3 is 2.45 bits per heavy atom. The van der Waals surface area contributed by atoms with Gasteiger partial charge in [-0.1, -0.05) is 74.3 Å². The number of halogens is 1. The van der Waals surface area contributed by atoms with Crippen LogP contribution < -0.4 is 5.32 Å². The van der Waals surface area contributed by atoms with E-state index in [-0.39, 0.29) is 11.8 Å². The van der Waals surface area contributed by atoms with Crippen molar-refractivity contribution in [3.05, 3.63) is 70.2 Å². The molecule has 0 saturated heterocycles. The van der Waals surface area contributed by atoms with Crippen LogP contribution in [0.5, 0.6) is 0 Å². The molecule has 4 nitrogen and oxygen atoms in total. The number of nitrogens with zero attached hydrogens (tertiary/aromatic N) is 1. The highest BCUT2D eigenvalue weighted by Gasteiger charge is 2.28. The van der Waals surface area contributed by atoms with Gasteiger partial charge in [0.1, 0.15) is 6.04 Å². The van der Waals surface area contributed by atoms with Crippen molar-refractivity contribution in [3.8, 4) is 0 Å². The van der Waals surface area contributed by atoms with E-state index < -0.39 is 6.04 Å². The van der Waals surface area contributed by atoms with Gasteiger partial charge in [-0.2, -0.15) is 0 Å². The molecule has 1 unspecified atom stereocenters. The summed E-state index contributed by atoms with van der Waals surface area (Å²) in [7, 11) is 0. The molecular formula is C25H33ClN2O2S.